The summed E-state index contributed by atoms with van der Waals surface area (Å²) >= 11 is 10.3. The smallest absolute Gasteiger partial charge is 0.317 e. The van der Waals surface area contributed by atoms with Gasteiger partial charge in [-0.25, -0.2) is 39.9 Å². The monoisotopic (exact) mass is 1370 g/mol. The van der Waals surface area contributed by atoms with E-state index in [0.717, 1.165) is 51.3 Å². The number of benzene rings is 1. The summed E-state index contributed by atoms with van der Waals surface area (Å²) in [5.74, 6) is -5.17. The van der Waals surface area contributed by atoms with Crippen LogP contribution in [0.1, 0.15) is 78.1 Å². The number of hydrogen-bond acceptors (Lipinski definition) is 17. The van der Waals surface area contributed by atoms with Crippen molar-refractivity contribution >= 4 is 56.6 Å². The Morgan fingerprint density at radius 3 is 1.43 bits per heavy atom. The number of urea groups is 1. The van der Waals surface area contributed by atoms with Gasteiger partial charge >= 0.3 is 6.03 Å². The summed E-state index contributed by atoms with van der Waals surface area (Å²) in [6.07, 6.45) is -13.5. The Labute approximate surface area is 533 Å². The van der Waals surface area contributed by atoms with Crippen molar-refractivity contribution in [3.63, 3.8) is 0 Å². The average molecular weight is 1370 g/mol. The molecule has 6 fully saturated rings. The van der Waals surface area contributed by atoms with Gasteiger partial charge in [0, 0.05) is 97.7 Å². The number of amides is 2. The standard InChI is InChI=1S/C13H16F2N2O2S.C13H25NO3.C11H20F2N2O3.C11H20F2N2O2S.C8H16F2N2O4S/c14-12(15)9-6-17(7-10(18)11(9)19)13(20)16-8-4-2-1-3-5-8;15-11(6-9-4-2-1-3-5-9)10-7-14-8-12(16)13(10)17;2*1-2-3-4-14-11(18)15-5-7(10(12)13)9(17)8(16)6-15;1-11(2)17(15,16)12-3-5(8(9)10)7(14)6(13)4-12/h1-5,9-12,18-19H,6-7H2,(H,16,20);9-17H,1-8H2;2*7-10,16-17H,2-6H2,1H3,(H,14,18);5-8,13-14H,3-4H2,1-2H3/t9-,10+,11+;10-,11?,12-,13-;2*7-,8+,9+;5-,6+,7+/m01000/s1. The van der Waals surface area contributed by atoms with E-state index in [2.05, 4.69) is 21.3 Å². The largest absolute Gasteiger partial charge is 0.393 e. The lowest BCUT2D eigenvalue weighted by Crippen LogP contribution is -2.58. The molecule has 15 N–H and O–H groups in total. The SMILES string of the molecule is CCCCNC(=O)N1C[C@@H](O)[C@H](O)[C@@H](C(F)F)C1.CCCCNC(=S)N1C[C@@H](O)[C@H](O)[C@@H](C(F)F)C1.CN(C)S(=O)(=O)N1C[C@@H](O)[C@H](O)[C@@H](C(F)F)C1.OC(CC1CCCCC1)[C@H]1CNC[C@@H](O)[C@@H]1O.O[C@H]1[C@H](O)CN(C(=S)Nc2ccccc2)C[C@@H]1C(F)F. The number of halogens is 8. The number of thiocarbonyl (C=S) groups is 2. The molecule has 7 rings (SSSR count). The predicted octanol–water partition coefficient (Wildman–Crippen LogP) is 1.27. The van der Waals surface area contributed by atoms with Gasteiger partial charge in [0.15, 0.2) is 10.2 Å². The molecule has 5 heterocycles. The molecule has 1 aromatic carbocycles. The molecule has 0 aromatic heterocycles. The molecule has 0 radical (unpaired) electrons. The molecule has 5 aliphatic heterocycles. The van der Waals surface area contributed by atoms with Crippen LogP contribution in [0.5, 0.6) is 0 Å². The molecule has 1 aromatic rings. The van der Waals surface area contributed by atoms with Gasteiger partial charge in [-0.1, -0.05) is 77.0 Å². The summed E-state index contributed by atoms with van der Waals surface area (Å²) in [4.78, 5) is 15.8. The molecule has 1 aliphatic carbocycles. The van der Waals surface area contributed by atoms with Gasteiger partial charge in [0.05, 0.1) is 97.4 Å². The molecule has 524 valence electrons. The number of likely N-dealkylation sites (tertiary alicyclic amines) is 3. The van der Waals surface area contributed by atoms with Crippen molar-refractivity contribution in [2.75, 3.05) is 97.9 Å². The second kappa shape index (κ2) is 40.2. The maximum absolute atomic E-state index is 12.8. The predicted molar refractivity (Wildman–Crippen MR) is 327 cm³/mol. The molecule has 90 heavy (non-hydrogen) atoms. The van der Waals surface area contributed by atoms with Gasteiger partial charge in [-0.05, 0) is 61.7 Å². The third-order valence-electron chi connectivity index (χ3n) is 16.6. The van der Waals surface area contributed by atoms with E-state index >= 15 is 0 Å². The number of alkyl halides is 8. The number of nitrogens with one attached hydrogen (secondary N) is 4. The number of unbranched alkanes of at least 4 members (excludes halogenated alkanes) is 2. The van der Waals surface area contributed by atoms with Gasteiger partial charge in [0.2, 0.25) is 25.7 Å². The highest BCUT2D eigenvalue weighted by Crippen LogP contribution is 2.32. The van der Waals surface area contributed by atoms with E-state index in [4.69, 9.17) is 24.4 Å². The summed E-state index contributed by atoms with van der Waals surface area (Å²) in [6, 6.07) is 8.61. The zero-order valence-electron chi connectivity index (χ0n) is 51.2. The zero-order chi connectivity index (χ0) is 67.7. The summed E-state index contributed by atoms with van der Waals surface area (Å²) in [5.41, 5.74) is 0.742. The normalized spacial score (nSPS) is 30.6. The molecule has 6 aliphatic rings. The van der Waals surface area contributed by atoms with Crippen molar-refractivity contribution in [1.82, 2.24) is 39.3 Å². The number of β-amino-alcohol motifs (C(OH)–C–C–N with tert-alkyl or cyclic N) is 5. The van der Waals surface area contributed by atoms with E-state index in [1.54, 1.807) is 12.1 Å². The van der Waals surface area contributed by atoms with Crippen molar-refractivity contribution in [2.45, 2.75) is 171 Å². The van der Waals surface area contributed by atoms with Crippen molar-refractivity contribution < 1.29 is 105 Å². The van der Waals surface area contributed by atoms with Crippen LogP contribution in [-0.4, -0.2) is 290 Å². The quantitative estimate of drug-likeness (QED) is 0.0629. The summed E-state index contributed by atoms with van der Waals surface area (Å²) in [5, 5.41) is 118. The minimum absolute atomic E-state index is 0.0308. The van der Waals surface area contributed by atoms with Crippen LogP contribution in [0.3, 0.4) is 0 Å². The van der Waals surface area contributed by atoms with Crippen LogP contribution in [0, 0.1) is 35.5 Å². The number of piperidine rings is 5. The van der Waals surface area contributed by atoms with Crippen molar-refractivity contribution in [2.24, 2.45) is 35.5 Å². The highest BCUT2D eigenvalue weighted by Gasteiger charge is 2.46. The van der Waals surface area contributed by atoms with Gasteiger partial charge in [0.25, 0.3) is 10.2 Å². The first kappa shape index (κ1) is 80.9. The Kier molecular flexibility index (Phi) is 36.1. The first-order valence-electron chi connectivity index (χ1n) is 30.4. The Bertz CT molecular complexity index is 2280. The van der Waals surface area contributed by atoms with E-state index in [1.165, 1.54) is 56.0 Å². The van der Waals surface area contributed by atoms with Crippen LogP contribution in [0.15, 0.2) is 30.3 Å². The highest BCUT2D eigenvalue weighted by atomic mass is 32.2. The van der Waals surface area contributed by atoms with Gasteiger partial charge < -0.3 is 92.1 Å². The molecule has 23 nitrogen and oxygen atoms in total. The summed E-state index contributed by atoms with van der Waals surface area (Å²) in [7, 11) is -1.32. The third kappa shape index (κ3) is 25.4. The van der Waals surface area contributed by atoms with Crippen LogP contribution in [0.4, 0.5) is 45.6 Å². The van der Waals surface area contributed by atoms with Crippen LogP contribution in [0.2, 0.25) is 0 Å². The maximum Gasteiger partial charge on any atom is 0.317 e. The average Bonchev–Trinajstić information content (AvgIpc) is 1.01. The van der Waals surface area contributed by atoms with Crippen molar-refractivity contribution in [3.05, 3.63) is 30.3 Å². The number of hydrogen-bond donors (Lipinski definition) is 15. The number of para-hydroxylation sites is 1. The van der Waals surface area contributed by atoms with E-state index in [-0.39, 0.29) is 56.8 Å². The number of carbonyl (C=O) groups excluding carboxylic acids is 1. The zero-order valence-corrected chi connectivity index (χ0v) is 53.6. The number of carbonyl (C=O) groups is 1. The molecular weight excluding hydrogens is 1270 g/mol. The Morgan fingerprint density at radius 1 is 0.567 bits per heavy atom. The molecule has 2 amide bonds. The summed E-state index contributed by atoms with van der Waals surface area (Å²) in [6.45, 7) is 4.94. The fourth-order valence-corrected chi connectivity index (χ4v) is 12.6. The van der Waals surface area contributed by atoms with Crippen molar-refractivity contribution in [3.8, 4) is 0 Å². The molecule has 1 unspecified atom stereocenters. The first-order valence-corrected chi connectivity index (χ1v) is 32.7. The molecule has 34 heteroatoms. The lowest BCUT2D eigenvalue weighted by Gasteiger charge is -2.40. The lowest BCUT2D eigenvalue weighted by molar-refractivity contribution is -0.107. The second-order valence-electron chi connectivity index (χ2n) is 23.7. The van der Waals surface area contributed by atoms with E-state index in [1.807, 2.05) is 32.0 Å². The molecule has 5 saturated heterocycles. The van der Waals surface area contributed by atoms with Crippen LogP contribution in [-0.2, 0) is 10.2 Å². The number of aliphatic hydroxyl groups excluding tert-OH is 11. The van der Waals surface area contributed by atoms with Crippen LogP contribution >= 0.6 is 24.4 Å². The minimum atomic E-state index is -3.86. The van der Waals surface area contributed by atoms with Crippen LogP contribution in [0.25, 0.3) is 0 Å². The molecule has 0 spiro atoms. The molecule has 0 bridgehead atoms. The highest BCUT2D eigenvalue weighted by molar-refractivity contribution is 7.86. The van der Waals surface area contributed by atoms with Crippen LogP contribution < -0.4 is 21.3 Å². The van der Waals surface area contributed by atoms with E-state index in [9.17, 15) is 105 Å². The minimum Gasteiger partial charge on any atom is -0.393 e. The molecule has 1 saturated carbocycles. The Hall–Kier alpha value is -3.30. The van der Waals surface area contributed by atoms with Gasteiger partial charge in [-0.2, -0.15) is 17.0 Å². The maximum atomic E-state index is 12.8. The lowest BCUT2D eigenvalue weighted by atomic mass is 9.80. The number of aliphatic hydroxyl groups is 11. The van der Waals surface area contributed by atoms with E-state index in [0.29, 0.717) is 37.2 Å². The number of rotatable bonds is 16. The summed E-state index contributed by atoms with van der Waals surface area (Å²) < 4.78 is 127. The molecule has 16 atom stereocenters. The second-order valence-corrected chi connectivity index (χ2v) is 26.6. The Balaban J connectivity index is 0.000000294. The van der Waals surface area contributed by atoms with Crippen molar-refractivity contribution in [1.29, 1.82) is 0 Å². The van der Waals surface area contributed by atoms with Gasteiger partial charge in [0.1, 0.15) is 0 Å². The number of nitrogens with zero attached hydrogens (tertiary/aromatic N) is 5. The first-order chi connectivity index (χ1) is 42.3. The number of anilines is 1. The van der Waals surface area contributed by atoms with Gasteiger partial charge in [-0.15, -0.1) is 0 Å². The van der Waals surface area contributed by atoms with E-state index < -0.39 is 139 Å². The van der Waals surface area contributed by atoms with Gasteiger partial charge in [-0.3, -0.25) is 0 Å². The third-order valence-corrected chi connectivity index (χ3v) is 19.2. The fourth-order valence-electron chi connectivity index (χ4n) is 10.9. The Morgan fingerprint density at radius 2 is 0.978 bits per heavy atom. The molecular formula is C56H97F8N9O14S3. The fraction of sp³-hybridized carbons (Fsp3) is 0.839. The topological polar surface area (TPSA) is 338 Å².